The minimum atomic E-state index is -0.732. The molecule has 1 aromatic rings. The van der Waals surface area contributed by atoms with Crippen molar-refractivity contribution in [3.8, 4) is 5.75 Å². The lowest BCUT2D eigenvalue weighted by molar-refractivity contribution is 0.227. The fourth-order valence-electron chi connectivity index (χ4n) is 1.45. The van der Waals surface area contributed by atoms with Crippen LogP contribution in [-0.2, 0) is 6.61 Å². The van der Waals surface area contributed by atoms with E-state index in [-0.39, 0.29) is 6.61 Å². The summed E-state index contributed by atoms with van der Waals surface area (Å²) in [6.07, 6.45) is 0.704. The maximum absolute atomic E-state index is 9.60. The van der Waals surface area contributed by atoms with Crippen molar-refractivity contribution >= 4 is 0 Å². The molecular formula is C12H16O3. The minimum absolute atomic E-state index is 0.0695. The summed E-state index contributed by atoms with van der Waals surface area (Å²) in [5.74, 6) is 0.664. The molecule has 0 aliphatic carbocycles. The molecule has 3 heteroatoms. The maximum atomic E-state index is 9.60. The van der Waals surface area contributed by atoms with Crippen LogP contribution in [0.3, 0.4) is 0 Å². The number of methoxy groups -OCH3 is 1. The van der Waals surface area contributed by atoms with E-state index in [1.54, 1.807) is 19.2 Å². The highest BCUT2D eigenvalue weighted by Gasteiger charge is 2.10. The average molecular weight is 208 g/mol. The minimum Gasteiger partial charge on any atom is -0.496 e. The van der Waals surface area contributed by atoms with Gasteiger partial charge in [0.2, 0.25) is 0 Å². The SMILES string of the molecule is C=CC(O)c1cc(CO)c(C)c(OC)c1. The van der Waals surface area contributed by atoms with Crippen LogP contribution in [0.5, 0.6) is 5.75 Å². The van der Waals surface area contributed by atoms with Crippen LogP contribution in [0.2, 0.25) is 0 Å². The molecule has 0 aliphatic heterocycles. The zero-order chi connectivity index (χ0) is 11.4. The fraction of sp³-hybridized carbons (Fsp3) is 0.333. The monoisotopic (exact) mass is 208 g/mol. The Morgan fingerprint density at radius 3 is 2.67 bits per heavy atom. The van der Waals surface area contributed by atoms with Crippen LogP contribution >= 0.6 is 0 Å². The van der Waals surface area contributed by atoms with Gasteiger partial charge in [-0.3, -0.25) is 0 Å². The van der Waals surface area contributed by atoms with Gasteiger partial charge in [0, 0.05) is 0 Å². The molecule has 15 heavy (non-hydrogen) atoms. The Hall–Kier alpha value is -1.32. The van der Waals surface area contributed by atoms with Crippen molar-refractivity contribution < 1.29 is 14.9 Å². The van der Waals surface area contributed by atoms with E-state index in [2.05, 4.69) is 6.58 Å². The van der Waals surface area contributed by atoms with Crippen molar-refractivity contribution in [1.82, 2.24) is 0 Å². The molecular weight excluding hydrogens is 192 g/mol. The van der Waals surface area contributed by atoms with Crippen LogP contribution in [0, 0.1) is 6.92 Å². The molecule has 0 radical (unpaired) electrons. The molecule has 1 unspecified atom stereocenters. The van der Waals surface area contributed by atoms with Crippen molar-refractivity contribution in [3.63, 3.8) is 0 Å². The van der Waals surface area contributed by atoms with Gasteiger partial charge in [-0.1, -0.05) is 12.1 Å². The normalized spacial score (nSPS) is 12.3. The van der Waals surface area contributed by atoms with E-state index in [0.717, 1.165) is 11.1 Å². The van der Waals surface area contributed by atoms with Crippen molar-refractivity contribution in [3.05, 3.63) is 41.5 Å². The summed E-state index contributed by atoms with van der Waals surface area (Å²) < 4.78 is 5.17. The Balaban J connectivity index is 3.26. The van der Waals surface area contributed by atoms with Gasteiger partial charge in [0.15, 0.2) is 0 Å². The summed E-state index contributed by atoms with van der Waals surface area (Å²) in [6, 6.07) is 3.50. The molecule has 0 heterocycles. The molecule has 1 aromatic carbocycles. The molecule has 1 atom stereocenters. The third-order valence-electron chi connectivity index (χ3n) is 2.44. The van der Waals surface area contributed by atoms with Crippen LogP contribution in [0.4, 0.5) is 0 Å². The molecule has 0 spiro atoms. The van der Waals surface area contributed by atoms with Gasteiger partial charge in [0.1, 0.15) is 5.75 Å². The van der Waals surface area contributed by atoms with E-state index in [9.17, 15) is 5.11 Å². The van der Waals surface area contributed by atoms with Crippen LogP contribution < -0.4 is 4.74 Å². The van der Waals surface area contributed by atoms with Crippen molar-refractivity contribution in [2.24, 2.45) is 0 Å². The molecule has 0 saturated heterocycles. The lowest BCUT2D eigenvalue weighted by Crippen LogP contribution is -2.00. The molecule has 1 rings (SSSR count). The zero-order valence-corrected chi connectivity index (χ0v) is 9.03. The number of ether oxygens (including phenoxy) is 1. The van der Waals surface area contributed by atoms with Crippen LogP contribution in [0.15, 0.2) is 24.8 Å². The first-order chi connectivity index (χ1) is 7.13. The molecule has 82 valence electrons. The second kappa shape index (κ2) is 4.96. The van der Waals surface area contributed by atoms with Gasteiger partial charge in [-0.05, 0) is 29.7 Å². The van der Waals surface area contributed by atoms with Crippen molar-refractivity contribution in [2.75, 3.05) is 7.11 Å². The summed E-state index contributed by atoms with van der Waals surface area (Å²) in [6.45, 7) is 5.32. The first-order valence-electron chi connectivity index (χ1n) is 4.73. The Labute approximate surface area is 89.6 Å². The molecule has 0 saturated carbocycles. The number of benzene rings is 1. The van der Waals surface area contributed by atoms with Gasteiger partial charge in [0.05, 0.1) is 19.8 Å². The van der Waals surface area contributed by atoms with E-state index < -0.39 is 6.10 Å². The molecule has 3 nitrogen and oxygen atoms in total. The molecule has 0 fully saturated rings. The van der Waals surface area contributed by atoms with E-state index in [0.29, 0.717) is 11.3 Å². The van der Waals surface area contributed by atoms with Crippen molar-refractivity contribution in [2.45, 2.75) is 19.6 Å². The lowest BCUT2D eigenvalue weighted by Gasteiger charge is -2.13. The summed E-state index contributed by atoms with van der Waals surface area (Å²) in [4.78, 5) is 0. The second-order valence-corrected chi connectivity index (χ2v) is 3.35. The van der Waals surface area contributed by atoms with Gasteiger partial charge in [-0.15, -0.1) is 6.58 Å². The zero-order valence-electron chi connectivity index (χ0n) is 9.03. The molecule has 0 aromatic heterocycles. The standard InChI is InChI=1S/C12H16O3/c1-4-11(14)9-5-10(7-13)8(2)12(6-9)15-3/h4-6,11,13-14H,1,7H2,2-3H3. The van der Waals surface area contributed by atoms with Gasteiger partial charge in [0.25, 0.3) is 0 Å². The third kappa shape index (κ3) is 2.37. The van der Waals surface area contributed by atoms with Gasteiger partial charge in [-0.25, -0.2) is 0 Å². The molecule has 0 aliphatic rings. The summed E-state index contributed by atoms with van der Waals surface area (Å²) >= 11 is 0. The van der Waals surface area contributed by atoms with Crippen molar-refractivity contribution in [1.29, 1.82) is 0 Å². The van der Waals surface area contributed by atoms with E-state index in [1.807, 2.05) is 6.92 Å². The number of hydrogen-bond acceptors (Lipinski definition) is 3. The van der Waals surface area contributed by atoms with Gasteiger partial charge in [-0.2, -0.15) is 0 Å². The molecule has 2 N–H and O–H groups in total. The van der Waals surface area contributed by atoms with Crippen LogP contribution in [-0.4, -0.2) is 17.3 Å². The summed E-state index contributed by atoms with van der Waals surface area (Å²) in [7, 11) is 1.56. The van der Waals surface area contributed by atoms with Crippen LogP contribution in [0.1, 0.15) is 22.8 Å². The highest BCUT2D eigenvalue weighted by Crippen LogP contribution is 2.27. The predicted molar refractivity (Wildman–Crippen MR) is 58.8 cm³/mol. The fourth-order valence-corrected chi connectivity index (χ4v) is 1.45. The predicted octanol–water partition coefficient (Wildman–Crippen LogP) is 1.72. The second-order valence-electron chi connectivity index (χ2n) is 3.35. The summed E-state index contributed by atoms with van der Waals surface area (Å²) in [5.41, 5.74) is 2.32. The first kappa shape index (κ1) is 11.8. The van der Waals surface area contributed by atoms with Crippen LogP contribution in [0.25, 0.3) is 0 Å². The smallest absolute Gasteiger partial charge is 0.122 e. The Morgan fingerprint density at radius 1 is 1.53 bits per heavy atom. The third-order valence-corrected chi connectivity index (χ3v) is 2.44. The highest BCUT2D eigenvalue weighted by atomic mass is 16.5. The Morgan fingerprint density at radius 2 is 2.20 bits per heavy atom. The van der Waals surface area contributed by atoms with Gasteiger partial charge >= 0.3 is 0 Å². The Kier molecular flexibility index (Phi) is 3.88. The number of aliphatic hydroxyl groups is 2. The maximum Gasteiger partial charge on any atom is 0.122 e. The van der Waals surface area contributed by atoms with Gasteiger partial charge < -0.3 is 14.9 Å². The van der Waals surface area contributed by atoms with E-state index in [4.69, 9.17) is 9.84 Å². The number of aliphatic hydroxyl groups excluding tert-OH is 2. The molecule has 0 bridgehead atoms. The number of rotatable bonds is 4. The quantitative estimate of drug-likeness (QED) is 0.741. The average Bonchev–Trinajstić information content (AvgIpc) is 2.28. The van der Waals surface area contributed by atoms with E-state index in [1.165, 1.54) is 6.08 Å². The number of hydrogen-bond donors (Lipinski definition) is 2. The first-order valence-corrected chi connectivity index (χ1v) is 4.73. The lowest BCUT2D eigenvalue weighted by atomic mass is 10.0. The Bertz CT molecular complexity index is 333. The topological polar surface area (TPSA) is 49.7 Å². The van der Waals surface area contributed by atoms with E-state index >= 15 is 0 Å². The summed E-state index contributed by atoms with van der Waals surface area (Å²) in [5, 5.41) is 18.8. The molecule has 0 amide bonds. The largest absolute Gasteiger partial charge is 0.496 e. The highest BCUT2D eigenvalue weighted by molar-refractivity contribution is 5.44.